The SMILES string of the molecule is CC.CC1CNCC(C)O1.CNC.CNc1cn(C2CCCCC2)[nH]c1=O. The predicted octanol–water partition coefficient (Wildman–Crippen LogP) is 2.97. The Balaban J connectivity index is 0.000000442. The van der Waals surface area contributed by atoms with Crippen LogP contribution in [0.1, 0.15) is 65.8 Å². The highest BCUT2D eigenvalue weighted by atomic mass is 16.5. The highest BCUT2D eigenvalue weighted by Gasteiger charge is 2.16. The molecular weight excluding hydrogens is 342 g/mol. The van der Waals surface area contributed by atoms with Crippen LogP contribution in [0, 0.1) is 0 Å². The molecule has 0 amide bonds. The highest BCUT2D eigenvalue weighted by Crippen LogP contribution is 2.27. The van der Waals surface area contributed by atoms with Crippen LogP contribution in [0.3, 0.4) is 0 Å². The summed E-state index contributed by atoms with van der Waals surface area (Å²) in [6, 6.07) is 0.499. The lowest BCUT2D eigenvalue weighted by Gasteiger charge is -2.25. The number of hydrogen-bond donors (Lipinski definition) is 4. The van der Waals surface area contributed by atoms with Crippen molar-refractivity contribution in [3.8, 4) is 0 Å². The molecule has 2 unspecified atom stereocenters. The molecular formula is C20H43N5O2. The van der Waals surface area contributed by atoms with Crippen LogP contribution >= 0.6 is 0 Å². The van der Waals surface area contributed by atoms with Crippen LogP contribution in [-0.2, 0) is 4.74 Å². The number of H-pyrrole nitrogens is 1. The van der Waals surface area contributed by atoms with E-state index in [1.807, 2.05) is 38.8 Å². The average molecular weight is 386 g/mol. The van der Waals surface area contributed by atoms with Crippen molar-refractivity contribution in [2.75, 3.05) is 39.5 Å². The largest absolute Gasteiger partial charge is 0.382 e. The van der Waals surface area contributed by atoms with Gasteiger partial charge in [0.15, 0.2) is 0 Å². The minimum atomic E-state index is -0.0157. The molecule has 1 saturated heterocycles. The van der Waals surface area contributed by atoms with Crippen LogP contribution in [-0.4, -0.2) is 56.2 Å². The van der Waals surface area contributed by atoms with Crippen molar-refractivity contribution in [1.29, 1.82) is 0 Å². The lowest BCUT2D eigenvalue weighted by atomic mass is 9.96. The fourth-order valence-corrected chi connectivity index (χ4v) is 3.12. The Morgan fingerprint density at radius 1 is 1.04 bits per heavy atom. The van der Waals surface area contributed by atoms with Crippen LogP contribution < -0.4 is 21.5 Å². The van der Waals surface area contributed by atoms with E-state index in [-0.39, 0.29) is 5.56 Å². The third-order valence-corrected chi connectivity index (χ3v) is 4.31. The van der Waals surface area contributed by atoms with Gasteiger partial charge in [-0.15, -0.1) is 0 Å². The first kappa shape index (κ1) is 25.7. The second-order valence-electron chi connectivity index (χ2n) is 6.85. The molecule has 2 heterocycles. The molecule has 1 aromatic rings. The highest BCUT2D eigenvalue weighted by molar-refractivity contribution is 5.37. The van der Waals surface area contributed by atoms with E-state index >= 15 is 0 Å². The van der Waals surface area contributed by atoms with Crippen LogP contribution in [0.4, 0.5) is 5.69 Å². The Kier molecular flexibility index (Phi) is 15.0. The summed E-state index contributed by atoms with van der Waals surface area (Å²) < 4.78 is 7.39. The molecule has 2 aliphatic rings. The van der Waals surface area contributed by atoms with Gasteiger partial charge in [0.05, 0.1) is 18.4 Å². The third-order valence-electron chi connectivity index (χ3n) is 4.31. The quantitative estimate of drug-likeness (QED) is 0.629. The van der Waals surface area contributed by atoms with E-state index in [1.54, 1.807) is 7.05 Å². The number of aromatic nitrogens is 2. The molecule has 0 aromatic carbocycles. The topological polar surface area (TPSA) is 83.1 Å². The van der Waals surface area contributed by atoms with Gasteiger partial charge in [-0.25, -0.2) is 0 Å². The first-order valence-electron chi connectivity index (χ1n) is 10.4. The average Bonchev–Trinajstić information content (AvgIpc) is 3.06. The summed E-state index contributed by atoms with van der Waals surface area (Å²) >= 11 is 0. The minimum Gasteiger partial charge on any atom is -0.382 e. The second kappa shape index (κ2) is 15.7. The van der Waals surface area contributed by atoms with Gasteiger partial charge in [0.25, 0.3) is 5.56 Å². The molecule has 160 valence electrons. The molecule has 1 aliphatic heterocycles. The predicted molar refractivity (Wildman–Crippen MR) is 116 cm³/mol. The van der Waals surface area contributed by atoms with Gasteiger partial charge in [-0.3, -0.25) is 14.6 Å². The van der Waals surface area contributed by atoms with E-state index in [9.17, 15) is 4.79 Å². The van der Waals surface area contributed by atoms with Gasteiger partial charge in [-0.2, -0.15) is 0 Å². The standard InChI is InChI=1S/C10H17N3O.C6H13NO.C2H7N.C2H6/c1-11-9-7-13(12-10(9)14)8-5-3-2-4-6-8;1-5-3-7-4-6(2)8-5;1-3-2;1-2/h7-8,11H,2-6H2,1H3,(H,12,14);5-7H,3-4H2,1-2H3;3H,1-2H3;1-2H3. The molecule has 1 saturated carbocycles. The Hall–Kier alpha value is -1.31. The molecule has 0 spiro atoms. The van der Waals surface area contributed by atoms with Crippen LogP contribution in [0.15, 0.2) is 11.0 Å². The summed E-state index contributed by atoms with van der Waals surface area (Å²) in [6.45, 7) is 10.2. The van der Waals surface area contributed by atoms with Crippen molar-refractivity contribution in [1.82, 2.24) is 20.4 Å². The number of aromatic amines is 1. The summed E-state index contributed by atoms with van der Waals surface area (Å²) in [6.07, 6.45) is 8.96. The molecule has 1 aliphatic carbocycles. The minimum absolute atomic E-state index is 0.0157. The van der Waals surface area contributed by atoms with E-state index in [0.717, 1.165) is 13.1 Å². The molecule has 0 radical (unpaired) electrons. The van der Waals surface area contributed by atoms with E-state index in [0.29, 0.717) is 23.9 Å². The number of anilines is 1. The van der Waals surface area contributed by atoms with E-state index in [1.165, 1.54) is 32.1 Å². The van der Waals surface area contributed by atoms with E-state index in [2.05, 4.69) is 34.9 Å². The van der Waals surface area contributed by atoms with Gasteiger partial charge in [0, 0.05) is 26.2 Å². The Labute approximate surface area is 165 Å². The van der Waals surface area contributed by atoms with Gasteiger partial charge in [-0.1, -0.05) is 33.1 Å². The van der Waals surface area contributed by atoms with Gasteiger partial charge in [-0.05, 0) is 40.8 Å². The third kappa shape index (κ3) is 10.6. The van der Waals surface area contributed by atoms with Gasteiger partial charge in [0.1, 0.15) is 5.69 Å². The summed E-state index contributed by atoms with van der Waals surface area (Å²) in [5.41, 5.74) is 0.647. The molecule has 3 rings (SSSR count). The van der Waals surface area contributed by atoms with Crippen molar-refractivity contribution in [3.63, 3.8) is 0 Å². The molecule has 2 atom stereocenters. The fourth-order valence-electron chi connectivity index (χ4n) is 3.12. The maximum Gasteiger partial charge on any atom is 0.287 e. The summed E-state index contributed by atoms with van der Waals surface area (Å²) in [4.78, 5) is 11.4. The van der Waals surface area contributed by atoms with Crippen molar-refractivity contribution in [2.45, 2.75) is 78.0 Å². The lowest BCUT2D eigenvalue weighted by Crippen LogP contribution is -2.41. The van der Waals surface area contributed by atoms with E-state index < -0.39 is 0 Å². The van der Waals surface area contributed by atoms with Crippen LogP contribution in [0.5, 0.6) is 0 Å². The summed E-state index contributed by atoms with van der Waals surface area (Å²) in [5.74, 6) is 0. The number of nitrogens with one attached hydrogen (secondary N) is 4. The Bertz CT molecular complexity index is 501. The summed E-state index contributed by atoms with van der Waals surface area (Å²) in [7, 11) is 5.52. The molecule has 1 aromatic heterocycles. The monoisotopic (exact) mass is 385 g/mol. The molecule has 4 N–H and O–H groups in total. The van der Waals surface area contributed by atoms with Gasteiger partial charge in [0.2, 0.25) is 0 Å². The van der Waals surface area contributed by atoms with Gasteiger partial charge < -0.3 is 20.7 Å². The first-order chi connectivity index (χ1) is 13.0. The number of ether oxygens (including phenoxy) is 1. The Morgan fingerprint density at radius 3 is 1.93 bits per heavy atom. The first-order valence-corrected chi connectivity index (χ1v) is 10.4. The number of morpholine rings is 1. The zero-order chi connectivity index (χ0) is 20.7. The maximum absolute atomic E-state index is 11.4. The van der Waals surface area contributed by atoms with Crippen molar-refractivity contribution in [2.24, 2.45) is 0 Å². The molecule has 27 heavy (non-hydrogen) atoms. The smallest absolute Gasteiger partial charge is 0.287 e. The second-order valence-corrected chi connectivity index (χ2v) is 6.85. The molecule has 2 fully saturated rings. The Morgan fingerprint density at radius 2 is 1.56 bits per heavy atom. The number of rotatable bonds is 2. The fraction of sp³-hybridized carbons (Fsp3) is 0.850. The summed E-state index contributed by atoms with van der Waals surface area (Å²) in [5, 5.41) is 11.8. The number of hydrogen-bond acceptors (Lipinski definition) is 5. The molecule has 7 heteroatoms. The number of nitrogens with zero attached hydrogens (tertiary/aromatic N) is 1. The normalized spacial score (nSPS) is 22.2. The lowest BCUT2D eigenvalue weighted by molar-refractivity contribution is -0.0166. The van der Waals surface area contributed by atoms with Crippen molar-refractivity contribution >= 4 is 5.69 Å². The van der Waals surface area contributed by atoms with Gasteiger partial charge >= 0.3 is 0 Å². The van der Waals surface area contributed by atoms with Crippen molar-refractivity contribution < 1.29 is 4.74 Å². The maximum atomic E-state index is 11.4. The zero-order valence-corrected chi connectivity index (χ0v) is 18.5. The molecule has 7 nitrogen and oxygen atoms in total. The van der Waals surface area contributed by atoms with Crippen molar-refractivity contribution in [3.05, 3.63) is 16.6 Å². The van der Waals surface area contributed by atoms with Crippen LogP contribution in [0.25, 0.3) is 0 Å². The zero-order valence-electron chi connectivity index (χ0n) is 18.5. The molecule has 0 bridgehead atoms. The van der Waals surface area contributed by atoms with Crippen LogP contribution in [0.2, 0.25) is 0 Å². The van der Waals surface area contributed by atoms with E-state index in [4.69, 9.17) is 4.74 Å².